The summed E-state index contributed by atoms with van der Waals surface area (Å²) in [6.07, 6.45) is 0.829. The van der Waals surface area contributed by atoms with E-state index >= 15 is 0 Å². The van der Waals surface area contributed by atoms with Crippen LogP contribution in [0.15, 0.2) is 0 Å². The molecule has 1 atom stereocenters. The van der Waals surface area contributed by atoms with Crippen molar-refractivity contribution in [1.82, 2.24) is 0 Å². The summed E-state index contributed by atoms with van der Waals surface area (Å²) >= 11 is 0. The smallest absolute Gasteiger partial charge is 0.0778 e. The van der Waals surface area contributed by atoms with E-state index in [1.807, 2.05) is 0 Å². The van der Waals surface area contributed by atoms with Gasteiger partial charge in [-0.25, -0.2) is 0 Å². The van der Waals surface area contributed by atoms with Crippen LogP contribution in [0.2, 0.25) is 0 Å². The number of hydrogen-bond acceptors (Lipinski definition) is 2. The highest BCUT2D eigenvalue weighted by Crippen LogP contribution is 1.59. The van der Waals surface area contributed by atoms with Crippen LogP contribution < -0.4 is 10.8 Å². The maximum atomic E-state index is 10.1. The van der Waals surface area contributed by atoms with Gasteiger partial charge in [0.2, 0.25) is 0 Å². The lowest BCUT2D eigenvalue weighted by Crippen LogP contribution is -3.03. The minimum atomic E-state index is 0.227. The predicted molar refractivity (Wildman–Crippen MR) is 28.8 cm³/mol. The Morgan fingerprint density at radius 2 is 2.29 bits per heavy atom. The van der Waals surface area contributed by atoms with Gasteiger partial charge in [-0.2, -0.15) is 0 Å². The molecule has 3 heteroatoms. The van der Waals surface area contributed by atoms with Crippen molar-refractivity contribution < 1.29 is 5.06 Å². The SMILES string of the molecule is C[NH+]([O-])CCCN. The average Bonchev–Trinajstić information content (AvgIpc) is 1.61. The summed E-state index contributed by atoms with van der Waals surface area (Å²) in [5.41, 5.74) is 5.12. The molecule has 0 aromatic heterocycles. The lowest BCUT2D eigenvalue weighted by molar-refractivity contribution is -0.825. The van der Waals surface area contributed by atoms with Gasteiger partial charge < -0.3 is 16.0 Å². The first-order chi connectivity index (χ1) is 3.27. The third-order valence-electron chi connectivity index (χ3n) is 0.733. The first kappa shape index (κ1) is 6.88. The molecule has 0 aliphatic carbocycles. The summed E-state index contributed by atoms with van der Waals surface area (Å²) in [4.78, 5) is 0. The van der Waals surface area contributed by atoms with Crippen molar-refractivity contribution in [2.24, 2.45) is 5.73 Å². The lowest BCUT2D eigenvalue weighted by Gasteiger charge is -2.14. The Balaban J connectivity index is 2.68. The van der Waals surface area contributed by atoms with Crippen molar-refractivity contribution in [2.45, 2.75) is 6.42 Å². The van der Waals surface area contributed by atoms with E-state index in [-0.39, 0.29) is 5.06 Å². The lowest BCUT2D eigenvalue weighted by atomic mass is 10.4. The fourth-order valence-electron chi connectivity index (χ4n) is 0.351. The molecule has 0 aromatic rings. The van der Waals surface area contributed by atoms with Gasteiger partial charge in [0.05, 0.1) is 13.6 Å². The third-order valence-corrected chi connectivity index (χ3v) is 0.733. The molecule has 3 nitrogen and oxygen atoms in total. The van der Waals surface area contributed by atoms with E-state index < -0.39 is 0 Å². The van der Waals surface area contributed by atoms with E-state index in [2.05, 4.69) is 0 Å². The number of hydrogen-bond donors (Lipinski definition) is 2. The van der Waals surface area contributed by atoms with Crippen LogP contribution in [-0.4, -0.2) is 20.1 Å². The summed E-state index contributed by atoms with van der Waals surface area (Å²) in [5.74, 6) is 0. The second-order valence-corrected chi connectivity index (χ2v) is 1.59. The monoisotopic (exact) mass is 104 g/mol. The van der Waals surface area contributed by atoms with Crippen LogP contribution in [0.1, 0.15) is 6.42 Å². The summed E-state index contributed by atoms with van der Waals surface area (Å²) < 4.78 is 0. The highest BCUT2D eigenvalue weighted by atomic mass is 16.5. The van der Waals surface area contributed by atoms with Crippen molar-refractivity contribution in [3.05, 3.63) is 5.21 Å². The minimum Gasteiger partial charge on any atom is -0.634 e. The molecule has 0 saturated carbocycles. The Morgan fingerprint density at radius 3 is 2.43 bits per heavy atom. The average molecular weight is 104 g/mol. The highest BCUT2D eigenvalue weighted by Gasteiger charge is 1.83. The summed E-state index contributed by atoms with van der Waals surface area (Å²) in [6.45, 7) is 1.26. The van der Waals surface area contributed by atoms with Crippen molar-refractivity contribution in [3.63, 3.8) is 0 Å². The fraction of sp³-hybridized carbons (Fsp3) is 1.00. The molecular formula is C4H12N2O. The molecule has 7 heavy (non-hydrogen) atoms. The Kier molecular flexibility index (Phi) is 3.98. The number of quaternary nitrogens is 1. The van der Waals surface area contributed by atoms with Gasteiger partial charge in [0.15, 0.2) is 0 Å². The second kappa shape index (κ2) is 4.05. The van der Waals surface area contributed by atoms with E-state index in [0.717, 1.165) is 6.42 Å². The van der Waals surface area contributed by atoms with Crippen LogP contribution in [0.5, 0.6) is 0 Å². The van der Waals surface area contributed by atoms with Crippen LogP contribution >= 0.6 is 0 Å². The maximum absolute atomic E-state index is 10.1. The summed E-state index contributed by atoms with van der Waals surface area (Å²) in [7, 11) is 1.58. The van der Waals surface area contributed by atoms with E-state index in [0.29, 0.717) is 13.1 Å². The Labute approximate surface area is 43.7 Å². The van der Waals surface area contributed by atoms with Gasteiger partial charge in [-0.05, 0) is 6.54 Å². The van der Waals surface area contributed by atoms with E-state index in [1.165, 1.54) is 0 Å². The minimum absolute atomic E-state index is 0.227. The molecule has 0 amide bonds. The van der Waals surface area contributed by atoms with Crippen LogP contribution in [0.4, 0.5) is 0 Å². The van der Waals surface area contributed by atoms with Crippen molar-refractivity contribution in [1.29, 1.82) is 0 Å². The molecular weight excluding hydrogens is 92.1 g/mol. The van der Waals surface area contributed by atoms with Crippen molar-refractivity contribution in [3.8, 4) is 0 Å². The van der Waals surface area contributed by atoms with E-state index in [4.69, 9.17) is 5.73 Å². The molecule has 0 spiro atoms. The molecule has 0 aliphatic rings. The van der Waals surface area contributed by atoms with Crippen LogP contribution in [0.25, 0.3) is 0 Å². The highest BCUT2D eigenvalue weighted by molar-refractivity contribution is 4.31. The first-order valence-electron chi connectivity index (χ1n) is 2.47. The molecule has 0 fully saturated rings. The second-order valence-electron chi connectivity index (χ2n) is 1.59. The largest absolute Gasteiger partial charge is 0.634 e. The topological polar surface area (TPSA) is 53.5 Å². The fourth-order valence-corrected chi connectivity index (χ4v) is 0.351. The van der Waals surface area contributed by atoms with E-state index in [1.54, 1.807) is 7.05 Å². The zero-order valence-corrected chi connectivity index (χ0v) is 4.61. The summed E-state index contributed by atoms with van der Waals surface area (Å²) in [5, 5.41) is 10.4. The standard InChI is InChI=1S/C4H12N2O/c1-6(7)4-2-3-5/h6H,2-5H2,1H3. The van der Waals surface area contributed by atoms with Gasteiger partial charge in [0.25, 0.3) is 0 Å². The van der Waals surface area contributed by atoms with Crippen LogP contribution in [0, 0.1) is 5.21 Å². The quantitative estimate of drug-likeness (QED) is 0.421. The van der Waals surface area contributed by atoms with E-state index in [9.17, 15) is 5.21 Å². The van der Waals surface area contributed by atoms with Gasteiger partial charge in [0.1, 0.15) is 0 Å². The number of hydroxylamine groups is 2. The number of nitrogens with two attached hydrogens (primary N) is 1. The maximum Gasteiger partial charge on any atom is 0.0778 e. The van der Waals surface area contributed by atoms with Gasteiger partial charge >= 0.3 is 0 Å². The Bertz CT molecular complexity index is 38.7. The van der Waals surface area contributed by atoms with Gasteiger partial charge in [0, 0.05) is 6.42 Å². The molecule has 0 bridgehead atoms. The molecule has 0 aliphatic heterocycles. The first-order valence-corrected chi connectivity index (χ1v) is 2.47. The number of rotatable bonds is 3. The molecule has 0 radical (unpaired) electrons. The van der Waals surface area contributed by atoms with Crippen LogP contribution in [0.3, 0.4) is 0 Å². The number of nitrogens with one attached hydrogen (secondary N) is 1. The molecule has 0 heterocycles. The molecule has 1 unspecified atom stereocenters. The molecule has 0 aromatic carbocycles. The molecule has 3 N–H and O–H groups in total. The normalized spacial score (nSPS) is 14.1. The van der Waals surface area contributed by atoms with Crippen molar-refractivity contribution in [2.75, 3.05) is 20.1 Å². The Morgan fingerprint density at radius 1 is 1.71 bits per heavy atom. The van der Waals surface area contributed by atoms with Gasteiger partial charge in [-0.3, -0.25) is 0 Å². The Hall–Kier alpha value is -0.120. The summed E-state index contributed by atoms with van der Waals surface area (Å²) in [6, 6.07) is 0. The zero-order chi connectivity index (χ0) is 5.70. The molecule has 0 saturated heterocycles. The van der Waals surface area contributed by atoms with Gasteiger partial charge in [-0.1, -0.05) is 0 Å². The van der Waals surface area contributed by atoms with Crippen LogP contribution in [-0.2, 0) is 0 Å². The third kappa shape index (κ3) is 5.88. The van der Waals surface area contributed by atoms with Gasteiger partial charge in [-0.15, -0.1) is 0 Å². The molecule has 44 valence electrons. The van der Waals surface area contributed by atoms with Crippen molar-refractivity contribution >= 4 is 0 Å². The molecule has 0 rings (SSSR count). The predicted octanol–water partition coefficient (Wildman–Crippen LogP) is -1.65. The zero-order valence-electron chi connectivity index (χ0n) is 4.61.